The van der Waals surface area contributed by atoms with E-state index < -0.39 is 17.7 Å². The Bertz CT molecular complexity index is 1090. The average molecular weight is 355 g/mol. The Balaban J connectivity index is 1.67. The van der Waals surface area contributed by atoms with Crippen LogP contribution in [0.25, 0.3) is 11.0 Å². The number of hydrogen-bond acceptors (Lipinski definition) is 4. The fourth-order valence-electron chi connectivity index (χ4n) is 2.77. The number of nitrogens with zero attached hydrogens (tertiary/aromatic N) is 2. The summed E-state index contributed by atoms with van der Waals surface area (Å²) in [4.78, 5) is 40.1. The van der Waals surface area contributed by atoms with Gasteiger partial charge in [-0.05, 0) is 36.4 Å². The molecule has 4 rings (SSSR count). The van der Waals surface area contributed by atoms with Crippen molar-refractivity contribution in [3.05, 3.63) is 58.1 Å². The number of nitrogens with one attached hydrogen (secondary N) is 2. The first kappa shape index (κ1) is 15.3. The predicted molar refractivity (Wildman–Crippen MR) is 91.9 cm³/mol. The van der Waals surface area contributed by atoms with E-state index in [0.29, 0.717) is 16.5 Å². The van der Waals surface area contributed by atoms with Crippen LogP contribution in [0.2, 0.25) is 5.02 Å². The summed E-state index contributed by atoms with van der Waals surface area (Å²) in [7, 11) is 1.77. The van der Waals surface area contributed by atoms with Crippen molar-refractivity contribution >= 4 is 46.3 Å². The zero-order chi connectivity index (χ0) is 17.7. The summed E-state index contributed by atoms with van der Waals surface area (Å²) in [5.41, 5.74) is 2.19. The fourth-order valence-corrected chi connectivity index (χ4v) is 2.93. The van der Waals surface area contributed by atoms with Gasteiger partial charge >= 0.3 is 0 Å². The second kappa shape index (κ2) is 5.42. The molecule has 1 aliphatic heterocycles. The number of halogens is 1. The summed E-state index contributed by atoms with van der Waals surface area (Å²) in [5, 5.41) is 5.45. The maximum Gasteiger partial charge on any atom is 0.258 e. The Morgan fingerprint density at radius 1 is 1.12 bits per heavy atom. The monoisotopic (exact) mass is 354 g/mol. The highest BCUT2D eigenvalue weighted by Gasteiger charge is 2.27. The Morgan fingerprint density at radius 3 is 2.68 bits per heavy atom. The topological polar surface area (TPSA) is 93.1 Å². The number of benzene rings is 2. The number of imidazole rings is 1. The van der Waals surface area contributed by atoms with Crippen molar-refractivity contribution in [3.8, 4) is 0 Å². The van der Waals surface area contributed by atoms with Crippen LogP contribution in [0.15, 0.2) is 36.4 Å². The van der Waals surface area contributed by atoms with Crippen molar-refractivity contribution < 1.29 is 14.4 Å². The van der Waals surface area contributed by atoms with Gasteiger partial charge in [-0.25, -0.2) is 4.98 Å². The molecular formula is C17H11ClN4O3. The molecule has 1 aromatic heterocycles. The molecule has 1 aliphatic rings. The van der Waals surface area contributed by atoms with Crippen LogP contribution in [0.4, 0.5) is 5.95 Å². The van der Waals surface area contributed by atoms with Gasteiger partial charge in [-0.3, -0.25) is 25.0 Å². The lowest BCUT2D eigenvalue weighted by atomic mass is 10.1. The molecule has 0 saturated heterocycles. The molecular weight excluding hydrogens is 344 g/mol. The van der Waals surface area contributed by atoms with Crippen LogP contribution in [0.1, 0.15) is 31.1 Å². The molecule has 0 radical (unpaired) electrons. The third kappa shape index (κ3) is 2.45. The standard InChI is InChI=1S/C17H11ClN4O3/c1-22-13-5-3-9(18)7-12(13)19-17(22)21-14(23)8-2-4-10-11(6-8)16(25)20-15(10)24/h2-7H,1H3,(H,19,21,23)(H,20,24,25). The second-order valence-electron chi connectivity index (χ2n) is 5.63. The SMILES string of the molecule is Cn1c(NC(=O)c2ccc3c(c2)C(=O)NC3=O)nc2cc(Cl)ccc21. The summed E-state index contributed by atoms with van der Waals surface area (Å²) in [6.07, 6.45) is 0. The summed E-state index contributed by atoms with van der Waals surface area (Å²) < 4.78 is 1.73. The first-order chi connectivity index (χ1) is 11.9. The van der Waals surface area contributed by atoms with Gasteiger partial charge in [0.1, 0.15) is 0 Å². The quantitative estimate of drug-likeness (QED) is 0.691. The normalized spacial score (nSPS) is 13.0. The molecule has 2 N–H and O–H groups in total. The number of fused-ring (bicyclic) bond motifs is 2. The van der Waals surface area contributed by atoms with Gasteiger partial charge in [0, 0.05) is 17.6 Å². The first-order valence-corrected chi connectivity index (χ1v) is 7.75. The van der Waals surface area contributed by atoms with Crippen LogP contribution >= 0.6 is 11.6 Å². The van der Waals surface area contributed by atoms with Gasteiger partial charge in [0.15, 0.2) is 0 Å². The fraction of sp³-hybridized carbons (Fsp3) is 0.0588. The van der Waals surface area contributed by atoms with Gasteiger partial charge in [-0.15, -0.1) is 0 Å². The van der Waals surface area contributed by atoms with Gasteiger partial charge in [-0.1, -0.05) is 11.6 Å². The van der Waals surface area contributed by atoms with Gasteiger partial charge in [0.25, 0.3) is 17.7 Å². The number of hydrogen-bond donors (Lipinski definition) is 2. The van der Waals surface area contributed by atoms with Crippen LogP contribution in [0, 0.1) is 0 Å². The van der Waals surface area contributed by atoms with Gasteiger partial charge in [0.2, 0.25) is 5.95 Å². The van der Waals surface area contributed by atoms with E-state index in [4.69, 9.17) is 11.6 Å². The third-order valence-corrected chi connectivity index (χ3v) is 4.30. The molecule has 0 bridgehead atoms. The average Bonchev–Trinajstić information content (AvgIpc) is 3.04. The van der Waals surface area contributed by atoms with Crippen molar-refractivity contribution in [1.29, 1.82) is 0 Å². The molecule has 7 nitrogen and oxygen atoms in total. The highest BCUT2D eigenvalue weighted by molar-refractivity contribution is 6.31. The molecule has 0 atom stereocenters. The zero-order valence-corrected chi connectivity index (χ0v) is 13.7. The molecule has 3 aromatic rings. The van der Waals surface area contributed by atoms with Crippen molar-refractivity contribution in [1.82, 2.24) is 14.9 Å². The molecule has 2 aromatic carbocycles. The molecule has 0 fully saturated rings. The van der Waals surface area contributed by atoms with Gasteiger partial charge in [-0.2, -0.15) is 0 Å². The molecule has 8 heteroatoms. The van der Waals surface area contributed by atoms with Gasteiger partial charge < -0.3 is 4.57 Å². The Kier molecular flexibility index (Phi) is 3.33. The van der Waals surface area contributed by atoms with Gasteiger partial charge in [0.05, 0.1) is 22.2 Å². The summed E-state index contributed by atoms with van der Waals surface area (Å²) in [6, 6.07) is 9.60. The van der Waals surface area contributed by atoms with E-state index in [1.165, 1.54) is 18.2 Å². The summed E-state index contributed by atoms with van der Waals surface area (Å²) in [5.74, 6) is -1.05. The second-order valence-corrected chi connectivity index (χ2v) is 6.06. The molecule has 0 saturated carbocycles. The molecule has 25 heavy (non-hydrogen) atoms. The lowest BCUT2D eigenvalue weighted by molar-refractivity contribution is 0.0879. The lowest BCUT2D eigenvalue weighted by Gasteiger charge is -2.06. The van der Waals surface area contributed by atoms with Crippen LogP contribution in [0.3, 0.4) is 0 Å². The molecule has 3 amide bonds. The Morgan fingerprint density at radius 2 is 1.88 bits per heavy atom. The van der Waals surface area contributed by atoms with E-state index in [1.807, 2.05) is 6.07 Å². The number of aromatic nitrogens is 2. The largest absolute Gasteiger partial charge is 0.313 e. The Labute approximate surface area is 146 Å². The number of amides is 3. The minimum absolute atomic E-state index is 0.189. The maximum absolute atomic E-state index is 12.5. The maximum atomic E-state index is 12.5. The van der Waals surface area contributed by atoms with Crippen molar-refractivity contribution in [3.63, 3.8) is 0 Å². The minimum atomic E-state index is -0.507. The smallest absolute Gasteiger partial charge is 0.258 e. The van der Waals surface area contributed by atoms with Crippen LogP contribution < -0.4 is 10.6 Å². The van der Waals surface area contributed by atoms with E-state index in [-0.39, 0.29) is 16.7 Å². The van der Waals surface area contributed by atoms with Crippen LogP contribution in [0.5, 0.6) is 0 Å². The van der Waals surface area contributed by atoms with E-state index >= 15 is 0 Å². The number of anilines is 1. The number of carbonyl (C=O) groups is 3. The lowest BCUT2D eigenvalue weighted by Crippen LogP contribution is -2.20. The highest BCUT2D eigenvalue weighted by atomic mass is 35.5. The number of rotatable bonds is 2. The molecule has 0 spiro atoms. The van der Waals surface area contributed by atoms with E-state index in [2.05, 4.69) is 15.6 Å². The van der Waals surface area contributed by atoms with Crippen LogP contribution in [-0.4, -0.2) is 27.3 Å². The first-order valence-electron chi connectivity index (χ1n) is 7.37. The number of carbonyl (C=O) groups excluding carboxylic acids is 3. The predicted octanol–water partition coefficient (Wildman–Crippen LogP) is 2.36. The number of aryl methyl sites for hydroxylation is 1. The minimum Gasteiger partial charge on any atom is -0.313 e. The highest BCUT2D eigenvalue weighted by Crippen LogP contribution is 2.23. The van der Waals surface area contributed by atoms with Crippen LogP contribution in [-0.2, 0) is 7.05 Å². The van der Waals surface area contributed by atoms with Crippen molar-refractivity contribution in [2.45, 2.75) is 0 Å². The summed E-state index contributed by atoms with van der Waals surface area (Å²) >= 11 is 5.96. The molecule has 0 unspecified atom stereocenters. The third-order valence-electron chi connectivity index (χ3n) is 4.07. The molecule has 2 heterocycles. The van der Waals surface area contributed by atoms with Crippen molar-refractivity contribution in [2.75, 3.05) is 5.32 Å². The number of imide groups is 1. The molecule has 0 aliphatic carbocycles. The van der Waals surface area contributed by atoms with Crippen molar-refractivity contribution in [2.24, 2.45) is 7.05 Å². The van der Waals surface area contributed by atoms with E-state index in [9.17, 15) is 14.4 Å². The van der Waals surface area contributed by atoms with E-state index in [0.717, 1.165) is 5.52 Å². The molecule has 124 valence electrons. The van der Waals surface area contributed by atoms with E-state index in [1.54, 1.807) is 23.7 Å². The zero-order valence-electron chi connectivity index (χ0n) is 13.0. The summed E-state index contributed by atoms with van der Waals surface area (Å²) in [6.45, 7) is 0. The Hall–Kier alpha value is -3.19.